The molecule has 400 valence electrons. The third-order valence-corrected chi connectivity index (χ3v) is 19.6. The van der Waals surface area contributed by atoms with Crippen LogP contribution in [0.3, 0.4) is 0 Å². The van der Waals surface area contributed by atoms with E-state index in [-0.39, 0.29) is 45.8 Å². The van der Waals surface area contributed by atoms with E-state index in [1.165, 1.54) is 91.4 Å². The molecule has 76 heavy (non-hydrogen) atoms. The first-order valence-electron chi connectivity index (χ1n) is 29.7. The van der Waals surface area contributed by atoms with E-state index in [4.69, 9.17) is 4.74 Å². The number of nitrogens with zero attached hydrogens (tertiary/aromatic N) is 3. The molecule has 5 heteroatoms. The molecule has 2 aliphatic carbocycles. The molecule has 5 aromatic rings. The van der Waals surface area contributed by atoms with Gasteiger partial charge in [0.1, 0.15) is 11.8 Å². The maximum absolute atomic E-state index is 8.03. The van der Waals surface area contributed by atoms with Crippen LogP contribution in [0, 0.1) is 16.2 Å². The van der Waals surface area contributed by atoms with Gasteiger partial charge in [0.25, 0.3) is 6.71 Å². The molecule has 0 aromatic heterocycles. The molecule has 0 amide bonds. The van der Waals surface area contributed by atoms with Crippen molar-refractivity contribution in [2.45, 2.75) is 210 Å². The first-order chi connectivity index (χ1) is 35.8. The molecule has 4 nitrogen and oxygen atoms in total. The topological polar surface area (TPSA) is 19.0 Å². The maximum Gasteiger partial charge on any atom is 0.262 e. The minimum absolute atomic E-state index is 0.0132. The minimum Gasteiger partial charge on any atom is -0.499 e. The lowest BCUT2D eigenvalue weighted by Gasteiger charge is -2.53. The van der Waals surface area contributed by atoms with Crippen molar-refractivity contribution in [3.8, 4) is 0 Å². The van der Waals surface area contributed by atoms with Crippen LogP contribution in [0.5, 0.6) is 0 Å². The van der Waals surface area contributed by atoms with Gasteiger partial charge in [-0.15, -0.1) is 0 Å². The summed E-state index contributed by atoms with van der Waals surface area (Å²) in [7, 11) is 0. The number of hydrogen-bond acceptors (Lipinski definition) is 4. The highest BCUT2D eigenvalue weighted by molar-refractivity contribution is 6.85. The fourth-order valence-corrected chi connectivity index (χ4v) is 13.8. The van der Waals surface area contributed by atoms with Crippen molar-refractivity contribution in [1.82, 2.24) is 0 Å². The average Bonchev–Trinajstić information content (AvgIpc) is 3.92. The van der Waals surface area contributed by atoms with Gasteiger partial charge < -0.3 is 19.4 Å². The first kappa shape index (κ1) is 54.0. The second kappa shape index (κ2) is 19.5. The van der Waals surface area contributed by atoms with Crippen molar-refractivity contribution in [3.63, 3.8) is 0 Å². The maximum atomic E-state index is 8.03. The smallest absolute Gasteiger partial charge is 0.262 e. The summed E-state index contributed by atoms with van der Waals surface area (Å²) in [5.41, 5.74) is 21.1. The predicted octanol–water partition coefficient (Wildman–Crippen LogP) is 19.9. The summed E-state index contributed by atoms with van der Waals surface area (Å²) in [5.74, 6) is 2.52. The Labute approximate surface area is 461 Å². The molecular formula is C71H92BN3O. The molecule has 0 spiro atoms. The Morgan fingerprint density at radius 3 is 1.70 bits per heavy atom. The number of hydrogen-bond donors (Lipinski definition) is 0. The van der Waals surface area contributed by atoms with E-state index < -0.39 is 0 Å². The molecule has 3 heterocycles. The van der Waals surface area contributed by atoms with E-state index >= 15 is 0 Å². The second-order valence-electron chi connectivity index (χ2n) is 28.0. The van der Waals surface area contributed by atoms with Crippen LogP contribution in [0.2, 0.25) is 0 Å². The highest BCUT2D eigenvalue weighted by Crippen LogP contribution is 2.58. The number of benzene rings is 5. The van der Waals surface area contributed by atoms with E-state index in [1.54, 1.807) is 0 Å². The number of ether oxygens (including phenoxy) is 1. The van der Waals surface area contributed by atoms with E-state index in [0.29, 0.717) is 17.8 Å². The Morgan fingerprint density at radius 1 is 0.645 bits per heavy atom. The summed E-state index contributed by atoms with van der Waals surface area (Å²) < 4.78 is 8.03. The van der Waals surface area contributed by atoms with E-state index in [2.05, 4.69) is 255 Å². The van der Waals surface area contributed by atoms with Crippen LogP contribution >= 0.6 is 0 Å². The van der Waals surface area contributed by atoms with Gasteiger partial charge in [-0.3, -0.25) is 0 Å². The van der Waals surface area contributed by atoms with Gasteiger partial charge in [-0.1, -0.05) is 191 Å². The lowest BCUT2D eigenvalue weighted by molar-refractivity contribution is 0.128. The van der Waals surface area contributed by atoms with Gasteiger partial charge >= 0.3 is 0 Å². The van der Waals surface area contributed by atoms with Gasteiger partial charge in [0.05, 0.1) is 11.7 Å². The zero-order valence-electron chi connectivity index (χ0n) is 50.1. The SMILES string of the molecule is CCCCC(C)(C)C1=C(CC)C2C(O1)B1C3=C(C=CC(C)(C(C)(C)C)C3)N(c3ccc(C(C)C)cc3)c3cc(N(c4ccc(C(C)C)cc4)c4ccc(C(C)C)cc4)cc(c31)N2c1ccc2c(c1)C(C)(C)CCC2(C)C. The molecule has 0 fully saturated rings. The van der Waals surface area contributed by atoms with Gasteiger partial charge in [0.15, 0.2) is 0 Å². The summed E-state index contributed by atoms with van der Waals surface area (Å²) in [6.45, 7) is 43.2. The van der Waals surface area contributed by atoms with Gasteiger partial charge in [-0.25, -0.2) is 0 Å². The zero-order valence-corrected chi connectivity index (χ0v) is 50.1. The van der Waals surface area contributed by atoms with Crippen molar-refractivity contribution in [2.75, 3.05) is 14.7 Å². The summed E-state index contributed by atoms with van der Waals surface area (Å²) in [4.78, 5) is 8.02. The van der Waals surface area contributed by atoms with Crippen LogP contribution < -0.4 is 20.2 Å². The Kier molecular flexibility index (Phi) is 13.8. The molecule has 0 bridgehead atoms. The second-order valence-corrected chi connectivity index (χ2v) is 28.0. The first-order valence-corrected chi connectivity index (χ1v) is 29.7. The zero-order chi connectivity index (χ0) is 54.6. The van der Waals surface area contributed by atoms with Crippen molar-refractivity contribution in [3.05, 3.63) is 166 Å². The Hall–Kier alpha value is -5.42. The van der Waals surface area contributed by atoms with Crippen LogP contribution in [-0.2, 0) is 15.6 Å². The summed E-state index contributed by atoms with van der Waals surface area (Å²) in [5, 5.41) is 0. The molecule has 5 aromatic carbocycles. The number of rotatable bonds is 13. The van der Waals surface area contributed by atoms with Gasteiger partial charge in [-0.05, 0) is 177 Å². The highest BCUT2D eigenvalue weighted by Gasteiger charge is 2.59. The van der Waals surface area contributed by atoms with Crippen LogP contribution in [0.4, 0.5) is 39.8 Å². The molecule has 5 aliphatic rings. The quantitative estimate of drug-likeness (QED) is 0.109. The third kappa shape index (κ3) is 9.10. The highest BCUT2D eigenvalue weighted by atomic mass is 16.5. The van der Waals surface area contributed by atoms with Crippen LogP contribution in [0.25, 0.3) is 0 Å². The molecular weight excluding hydrogens is 922 g/mol. The molecule has 0 N–H and O–H groups in total. The molecule has 0 radical (unpaired) electrons. The summed E-state index contributed by atoms with van der Waals surface area (Å²) >= 11 is 0. The van der Waals surface area contributed by atoms with Crippen molar-refractivity contribution in [2.24, 2.45) is 16.2 Å². The fraction of sp³-hybridized carbons (Fsp3) is 0.493. The molecule has 0 saturated carbocycles. The molecule has 3 unspecified atom stereocenters. The van der Waals surface area contributed by atoms with E-state index in [0.717, 1.165) is 49.2 Å². The number of fused-ring (bicyclic) bond motifs is 4. The molecule has 3 aliphatic heterocycles. The van der Waals surface area contributed by atoms with Crippen LogP contribution in [0.1, 0.15) is 215 Å². The lowest BCUT2D eigenvalue weighted by atomic mass is 9.30. The van der Waals surface area contributed by atoms with Crippen molar-refractivity contribution in [1.29, 1.82) is 0 Å². The number of unbranched alkanes of at least 4 members (excludes halogenated alkanes) is 1. The number of anilines is 7. The van der Waals surface area contributed by atoms with Crippen LogP contribution in [-0.4, -0.2) is 18.8 Å². The summed E-state index contributed by atoms with van der Waals surface area (Å²) in [6, 6.07) is 41.0. The molecule has 10 rings (SSSR count). The third-order valence-electron chi connectivity index (χ3n) is 19.6. The van der Waals surface area contributed by atoms with Gasteiger partial charge in [0.2, 0.25) is 0 Å². The normalized spacial score (nSPS) is 21.6. The monoisotopic (exact) mass is 1010 g/mol. The van der Waals surface area contributed by atoms with E-state index in [1.807, 2.05) is 0 Å². The van der Waals surface area contributed by atoms with Gasteiger partial charge in [0, 0.05) is 45.2 Å². The standard InChI is InChI=1S/C71H92BN3O/c1-19-21-37-70(16,17)65-56(20-2)64-66(76-65)72-59-44-71(18,67(9,10)11)38-36-60(59)74(53-32-26-50(27-33-53)47(7)8)61-42-55(73(51-28-22-48(23-29-51)45(3)4)52-30-24-49(25-31-52)46(5)6)43-62(63(61)72)75(64)54-34-35-57-58(41-54)69(14,15)40-39-68(57,12)13/h22-36,38,41-43,45-47,64,66H,19-21,37,39-40,44H2,1-18H3. The summed E-state index contributed by atoms with van der Waals surface area (Å²) in [6.07, 6.45) is 12.7. The fourth-order valence-electron chi connectivity index (χ4n) is 13.8. The molecule has 0 saturated heterocycles. The Morgan fingerprint density at radius 2 is 1.17 bits per heavy atom. The average molecular weight is 1010 g/mol. The minimum atomic E-state index is -0.129. The van der Waals surface area contributed by atoms with Crippen LogP contribution in [0.15, 0.2) is 138 Å². The largest absolute Gasteiger partial charge is 0.499 e. The Balaban J connectivity index is 1.35. The number of allylic oxidation sites excluding steroid dienone is 4. The molecule has 3 atom stereocenters. The van der Waals surface area contributed by atoms with E-state index in [9.17, 15) is 0 Å². The van der Waals surface area contributed by atoms with Crippen molar-refractivity contribution < 1.29 is 4.74 Å². The Bertz CT molecular complexity index is 3030. The van der Waals surface area contributed by atoms with Gasteiger partial charge in [-0.2, -0.15) is 0 Å². The lowest BCUT2D eigenvalue weighted by Crippen LogP contribution is -2.63. The predicted molar refractivity (Wildman–Crippen MR) is 329 cm³/mol. The van der Waals surface area contributed by atoms with Crippen molar-refractivity contribution >= 4 is 52.0 Å².